The van der Waals surface area contributed by atoms with Crippen molar-refractivity contribution < 1.29 is 23.9 Å². The quantitative estimate of drug-likeness (QED) is 0.675. The third-order valence-corrected chi connectivity index (χ3v) is 4.86. The highest BCUT2D eigenvalue weighted by Gasteiger charge is 2.35. The van der Waals surface area contributed by atoms with E-state index in [0.717, 1.165) is 6.42 Å². The second-order valence-corrected chi connectivity index (χ2v) is 6.92. The van der Waals surface area contributed by atoms with Crippen LogP contribution in [0.3, 0.4) is 0 Å². The summed E-state index contributed by atoms with van der Waals surface area (Å²) in [6, 6.07) is 16.0. The van der Waals surface area contributed by atoms with Crippen LogP contribution in [0.4, 0.5) is 0 Å². The zero-order valence-electron chi connectivity index (χ0n) is 17.0. The number of amides is 2. The first-order chi connectivity index (χ1) is 14.6. The molecule has 0 bridgehead atoms. The molecule has 0 radical (unpaired) electrons. The Bertz CT molecular complexity index is 867. The van der Waals surface area contributed by atoms with E-state index in [-0.39, 0.29) is 24.8 Å². The normalized spacial score (nSPS) is 16.0. The van der Waals surface area contributed by atoms with Gasteiger partial charge >= 0.3 is 5.97 Å². The standard InChI is InChI=1S/C23H26N2O5/c1-2-29-21(26)16-20-22(27)24-13-14-25(20)23(28)18-8-10-19(11-9-18)30-15-12-17-6-4-3-5-7-17/h3-11,20H,2,12-16H2,1H3,(H,24,27). The van der Waals surface area contributed by atoms with Crippen molar-refractivity contribution in [3.05, 3.63) is 65.7 Å². The van der Waals surface area contributed by atoms with Gasteiger partial charge in [0.05, 0.1) is 19.6 Å². The Hall–Kier alpha value is -3.35. The smallest absolute Gasteiger partial charge is 0.308 e. The van der Waals surface area contributed by atoms with Gasteiger partial charge in [-0.05, 0) is 36.8 Å². The number of hydrogen-bond acceptors (Lipinski definition) is 5. The highest BCUT2D eigenvalue weighted by atomic mass is 16.5. The van der Waals surface area contributed by atoms with Crippen LogP contribution in [0.5, 0.6) is 5.75 Å². The van der Waals surface area contributed by atoms with E-state index in [1.807, 2.05) is 30.3 Å². The number of esters is 1. The summed E-state index contributed by atoms with van der Waals surface area (Å²) in [6.07, 6.45) is 0.631. The maximum Gasteiger partial charge on any atom is 0.308 e. The Morgan fingerprint density at radius 3 is 2.53 bits per heavy atom. The molecule has 7 nitrogen and oxygen atoms in total. The second kappa shape index (κ2) is 10.4. The van der Waals surface area contributed by atoms with Crippen molar-refractivity contribution >= 4 is 17.8 Å². The topological polar surface area (TPSA) is 84.9 Å². The molecule has 2 amide bonds. The average molecular weight is 410 g/mol. The fraction of sp³-hybridized carbons (Fsp3) is 0.348. The van der Waals surface area contributed by atoms with Gasteiger partial charge in [-0.15, -0.1) is 0 Å². The number of piperazine rings is 1. The average Bonchev–Trinajstić information content (AvgIpc) is 2.76. The van der Waals surface area contributed by atoms with Gasteiger partial charge in [-0.3, -0.25) is 14.4 Å². The van der Waals surface area contributed by atoms with Crippen LogP contribution >= 0.6 is 0 Å². The summed E-state index contributed by atoms with van der Waals surface area (Å²) in [7, 11) is 0. The van der Waals surface area contributed by atoms with Gasteiger partial charge < -0.3 is 19.7 Å². The third kappa shape index (κ3) is 5.59. The van der Waals surface area contributed by atoms with Gasteiger partial charge in [-0.25, -0.2) is 0 Å². The Kier molecular flexibility index (Phi) is 7.43. The molecular weight excluding hydrogens is 384 g/mol. The molecule has 158 valence electrons. The molecule has 1 unspecified atom stereocenters. The highest BCUT2D eigenvalue weighted by Crippen LogP contribution is 2.18. The molecule has 1 fully saturated rings. The summed E-state index contributed by atoms with van der Waals surface area (Å²) in [6.45, 7) is 3.15. The van der Waals surface area contributed by atoms with E-state index in [2.05, 4.69) is 5.32 Å². The molecule has 0 aromatic heterocycles. The SMILES string of the molecule is CCOC(=O)CC1C(=O)NCCN1C(=O)c1ccc(OCCc2ccccc2)cc1. The Labute approximate surface area is 176 Å². The molecule has 2 aromatic rings. The maximum absolute atomic E-state index is 13.0. The number of nitrogens with zero attached hydrogens (tertiary/aromatic N) is 1. The first kappa shape index (κ1) is 21.4. The molecule has 2 aromatic carbocycles. The minimum atomic E-state index is -0.868. The van der Waals surface area contributed by atoms with Crippen LogP contribution in [0.25, 0.3) is 0 Å². The first-order valence-electron chi connectivity index (χ1n) is 10.1. The van der Waals surface area contributed by atoms with Crippen molar-refractivity contribution in [2.45, 2.75) is 25.8 Å². The van der Waals surface area contributed by atoms with Gasteiger partial charge in [0.15, 0.2) is 0 Å². The zero-order valence-corrected chi connectivity index (χ0v) is 17.0. The fourth-order valence-electron chi connectivity index (χ4n) is 3.33. The van der Waals surface area contributed by atoms with Gasteiger partial charge in [-0.2, -0.15) is 0 Å². The van der Waals surface area contributed by atoms with Crippen LogP contribution in [-0.2, 0) is 20.7 Å². The summed E-state index contributed by atoms with van der Waals surface area (Å²) < 4.78 is 10.7. The molecular formula is C23H26N2O5. The molecule has 30 heavy (non-hydrogen) atoms. The molecule has 7 heteroatoms. The van der Waals surface area contributed by atoms with Crippen molar-refractivity contribution in [1.29, 1.82) is 0 Å². The van der Waals surface area contributed by atoms with Gasteiger partial charge in [-0.1, -0.05) is 30.3 Å². The van der Waals surface area contributed by atoms with Crippen molar-refractivity contribution in [3.63, 3.8) is 0 Å². The predicted octanol–water partition coefficient (Wildman–Crippen LogP) is 2.20. The van der Waals surface area contributed by atoms with E-state index in [1.54, 1.807) is 31.2 Å². The van der Waals surface area contributed by atoms with Gasteiger partial charge in [0, 0.05) is 25.1 Å². The number of benzene rings is 2. The second-order valence-electron chi connectivity index (χ2n) is 6.92. The lowest BCUT2D eigenvalue weighted by Gasteiger charge is -2.34. The molecule has 0 saturated carbocycles. The first-order valence-corrected chi connectivity index (χ1v) is 10.1. The monoisotopic (exact) mass is 410 g/mol. The molecule has 1 N–H and O–H groups in total. The molecule has 3 rings (SSSR count). The van der Waals surface area contributed by atoms with Crippen LogP contribution in [0.2, 0.25) is 0 Å². The molecule has 1 saturated heterocycles. The van der Waals surface area contributed by atoms with Crippen LogP contribution in [-0.4, -0.2) is 55.0 Å². The van der Waals surface area contributed by atoms with Gasteiger partial charge in [0.2, 0.25) is 5.91 Å². The summed E-state index contributed by atoms with van der Waals surface area (Å²) >= 11 is 0. The van der Waals surface area contributed by atoms with Crippen molar-refractivity contribution in [3.8, 4) is 5.75 Å². The van der Waals surface area contributed by atoms with Crippen molar-refractivity contribution in [2.75, 3.05) is 26.3 Å². The lowest BCUT2D eigenvalue weighted by atomic mass is 10.1. The Morgan fingerprint density at radius 1 is 1.10 bits per heavy atom. The van der Waals surface area contributed by atoms with E-state index >= 15 is 0 Å². The highest BCUT2D eigenvalue weighted by molar-refractivity contribution is 5.99. The summed E-state index contributed by atoms with van der Waals surface area (Å²) in [5.74, 6) is -0.472. The summed E-state index contributed by atoms with van der Waals surface area (Å²) in [5, 5.41) is 2.70. The van der Waals surface area contributed by atoms with E-state index in [4.69, 9.17) is 9.47 Å². The van der Waals surface area contributed by atoms with Crippen LogP contribution in [0, 0.1) is 0 Å². The largest absolute Gasteiger partial charge is 0.493 e. The van der Waals surface area contributed by atoms with Crippen LogP contribution in [0.1, 0.15) is 29.3 Å². The predicted molar refractivity (Wildman–Crippen MR) is 111 cm³/mol. The van der Waals surface area contributed by atoms with E-state index < -0.39 is 12.0 Å². The summed E-state index contributed by atoms with van der Waals surface area (Å²) in [4.78, 5) is 38.5. The van der Waals surface area contributed by atoms with Gasteiger partial charge in [0.1, 0.15) is 11.8 Å². The third-order valence-electron chi connectivity index (χ3n) is 4.86. The van der Waals surface area contributed by atoms with Crippen molar-refractivity contribution in [2.24, 2.45) is 0 Å². The number of hydrogen-bond donors (Lipinski definition) is 1. The van der Waals surface area contributed by atoms with E-state index in [9.17, 15) is 14.4 Å². The van der Waals surface area contributed by atoms with Crippen LogP contribution in [0.15, 0.2) is 54.6 Å². The lowest BCUT2D eigenvalue weighted by Crippen LogP contribution is -2.57. The minimum absolute atomic E-state index is 0.161. The molecule has 0 aliphatic carbocycles. The van der Waals surface area contributed by atoms with E-state index in [0.29, 0.717) is 31.0 Å². The molecule has 0 spiro atoms. The molecule has 1 heterocycles. The number of rotatable bonds is 8. The Balaban J connectivity index is 1.60. The number of nitrogens with one attached hydrogen (secondary N) is 1. The zero-order chi connectivity index (χ0) is 21.3. The van der Waals surface area contributed by atoms with E-state index in [1.165, 1.54) is 10.5 Å². The van der Waals surface area contributed by atoms with Crippen molar-refractivity contribution in [1.82, 2.24) is 10.2 Å². The van der Waals surface area contributed by atoms with Crippen LogP contribution < -0.4 is 10.1 Å². The molecule has 1 aliphatic heterocycles. The molecule has 1 atom stereocenters. The number of carbonyl (C=O) groups excluding carboxylic acids is 3. The minimum Gasteiger partial charge on any atom is -0.493 e. The van der Waals surface area contributed by atoms with Gasteiger partial charge in [0.25, 0.3) is 5.91 Å². The maximum atomic E-state index is 13.0. The fourth-order valence-corrected chi connectivity index (χ4v) is 3.33. The Morgan fingerprint density at radius 2 is 1.83 bits per heavy atom. The number of ether oxygens (including phenoxy) is 2. The lowest BCUT2D eigenvalue weighted by molar-refractivity contribution is -0.147. The number of carbonyl (C=O) groups is 3. The summed E-state index contributed by atoms with van der Waals surface area (Å²) in [5.41, 5.74) is 1.63. The molecule has 1 aliphatic rings.